The summed E-state index contributed by atoms with van der Waals surface area (Å²) >= 11 is 0. The van der Waals surface area contributed by atoms with Gasteiger partial charge in [-0.3, -0.25) is 0 Å². The van der Waals surface area contributed by atoms with Gasteiger partial charge in [0.2, 0.25) is 0 Å². The zero-order valence-electron chi connectivity index (χ0n) is 9.94. The minimum Gasteiger partial charge on any atom is -0.496 e. The van der Waals surface area contributed by atoms with Crippen LogP contribution in [0.1, 0.15) is 11.8 Å². The van der Waals surface area contributed by atoms with E-state index in [0.29, 0.717) is 22.8 Å². The molecule has 0 saturated carbocycles. The molecular weight excluding hydrogens is 210 g/mol. The summed E-state index contributed by atoms with van der Waals surface area (Å²) in [6, 6.07) is 3.46. The molecule has 0 heterocycles. The lowest BCUT2D eigenvalue weighted by Crippen LogP contribution is -2.13. The van der Waals surface area contributed by atoms with E-state index in [1.54, 1.807) is 33.5 Å². The van der Waals surface area contributed by atoms with E-state index in [2.05, 4.69) is 0 Å². The predicted molar refractivity (Wildman–Crippen MR) is 60.0 cm³/mol. The molecule has 5 nitrogen and oxygen atoms in total. The molecule has 0 aliphatic rings. The maximum atomic E-state index is 5.79. The van der Waals surface area contributed by atoms with Crippen LogP contribution in [0.25, 0.3) is 0 Å². The number of nitrogens with two attached hydrogens (primary N) is 1. The molecule has 1 aromatic rings. The van der Waals surface area contributed by atoms with E-state index in [1.807, 2.05) is 0 Å². The Hall–Kier alpha value is -1.46. The Morgan fingerprint density at radius 3 is 1.81 bits per heavy atom. The van der Waals surface area contributed by atoms with E-state index in [1.165, 1.54) is 7.11 Å². The lowest BCUT2D eigenvalue weighted by atomic mass is 10.1. The molecule has 0 aromatic heterocycles. The van der Waals surface area contributed by atoms with Crippen molar-refractivity contribution in [3.63, 3.8) is 0 Å². The largest absolute Gasteiger partial charge is 0.496 e. The summed E-state index contributed by atoms with van der Waals surface area (Å²) in [5.74, 6) is 1.78. The molecule has 0 amide bonds. The first-order valence-electron chi connectivity index (χ1n) is 4.76. The molecular formula is C11H17NO4. The summed E-state index contributed by atoms with van der Waals surface area (Å²) in [5.41, 5.74) is 6.50. The Morgan fingerprint density at radius 1 is 0.875 bits per heavy atom. The molecule has 0 bridgehead atoms. The van der Waals surface area contributed by atoms with Crippen LogP contribution in [-0.4, -0.2) is 28.4 Å². The van der Waals surface area contributed by atoms with Gasteiger partial charge in [-0.25, -0.2) is 0 Å². The standard InChI is InChI=1S/C11H17NO4/c1-13-8-6-10(15-3)9(14-2)5-7(8)11(12)16-4/h5-6,11H,12H2,1-4H3. The first-order valence-corrected chi connectivity index (χ1v) is 4.76. The summed E-state index contributed by atoms with van der Waals surface area (Å²) in [4.78, 5) is 0. The smallest absolute Gasteiger partial charge is 0.164 e. The van der Waals surface area contributed by atoms with E-state index >= 15 is 0 Å². The normalized spacial score (nSPS) is 12.1. The summed E-state index contributed by atoms with van der Waals surface area (Å²) in [6.07, 6.45) is -0.560. The van der Waals surface area contributed by atoms with Crippen LogP contribution < -0.4 is 19.9 Å². The van der Waals surface area contributed by atoms with Crippen molar-refractivity contribution in [1.82, 2.24) is 0 Å². The minimum atomic E-state index is -0.560. The van der Waals surface area contributed by atoms with Crippen molar-refractivity contribution >= 4 is 0 Å². The van der Waals surface area contributed by atoms with Crippen LogP contribution in [0.5, 0.6) is 17.2 Å². The summed E-state index contributed by atoms with van der Waals surface area (Å²) in [7, 11) is 6.22. The Bertz CT molecular complexity index is 354. The highest BCUT2D eigenvalue weighted by Gasteiger charge is 2.16. The maximum Gasteiger partial charge on any atom is 0.164 e. The number of rotatable bonds is 5. The Morgan fingerprint density at radius 2 is 1.38 bits per heavy atom. The molecule has 0 fully saturated rings. The molecule has 90 valence electrons. The molecule has 2 N–H and O–H groups in total. The van der Waals surface area contributed by atoms with Gasteiger partial charge in [0, 0.05) is 18.7 Å². The van der Waals surface area contributed by atoms with E-state index in [-0.39, 0.29) is 0 Å². The Labute approximate surface area is 95.1 Å². The molecule has 16 heavy (non-hydrogen) atoms. The zero-order chi connectivity index (χ0) is 12.1. The number of methoxy groups -OCH3 is 4. The third kappa shape index (κ3) is 2.37. The molecule has 5 heteroatoms. The van der Waals surface area contributed by atoms with Gasteiger partial charge in [0.05, 0.1) is 21.3 Å². The fourth-order valence-electron chi connectivity index (χ4n) is 1.40. The predicted octanol–water partition coefficient (Wildman–Crippen LogP) is 1.32. The van der Waals surface area contributed by atoms with Crippen LogP contribution in [0.4, 0.5) is 0 Å². The van der Waals surface area contributed by atoms with Gasteiger partial charge in [-0.15, -0.1) is 0 Å². The van der Waals surface area contributed by atoms with Crippen molar-refractivity contribution < 1.29 is 18.9 Å². The van der Waals surface area contributed by atoms with Gasteiger partial charge in [0.1, 0.15) is 12.0 Å². The number of hydrogen-bond donors (Lipinski definition) is 1. The van der Waals surface area contributed by atoms with Crippen LogP contribution >= 0.6 is 0 Å². The molecule has 1 unspecified atom stereocenters. The third-order valence-corrected chi connectivity index (χ3v) is 2.30. The third-order valence-electron chi connectivity index (χ3n) is 2.30. The average molecular weight is 227 g/mol. The van der Waals surface area contributed by atoms with Crippen molar-refractivity contribution in [3.05, 3.63) is 17.7 Å². The number of hydrogen-bond acceptors (Lipinski definition) is 5. The summed E-state index contributed by atoms with van der Waals surface area (Å²) < 4.78 is 20.6. The minimum absolute atomic E-state index is 0.560. The monoisotopic (exact) mass is 227 g/mol. The topological polar surface area (TPSA) is 62.9 Å². The van der Waals surface area contributed by atoms with Crippen molar-refractivity contribution in [1.29, 1.82) is 0 Å². The van der Waals surface area contributed by atoms with Crippen molar-refractivity contribution in [2.45, 2.75) is 6.23 Å². The van der Waals surface area contributed by atoms with Crippen LogP contribution in [0.2, 0.25) is 0 Å². The van der Waals surface area contributed by atoms with Crippen LogP contribution in [0.15, 0.2) is 12.1 Å². The lowest BCUT2D eigenvalue weighted by Gasteiger charge is -2.17. The second-order valence-electron chi connectivity index (χ2n) is 3.11. The van der Waals surface area contributed by atoms with Gasteiger partial charge in [0.15, 0.2) is 11.5 Å². The quantitative estimate of drug-likeness (QED) is 0.768. The SMILES string of the molecule is COc1cc(OC)c(C(N)OC)cc1OC. The van der Waals surface area contributed by atoms with Crippen LogP contribution in [0, 0.1) is 0 Å². The first kappa shape index (κ1) is 12.6. The van der Waals surface area contributed by atoms with E-state index in [9.17, 15) is 0 Å². The van der Waals surface area contributed by atoms with E-state index in [0.717, 1.165) is 0 Å². The fourth-order valence-corrected chi connectivity index (χ4v) is 1.40. The average Bonchev–Trinajstić information content (AvgIpc) is 2.35. The molecule has 0 radical (unpaired) electrons. The van der Waals surface area contributed by atoms with Crippen molar-refractivity contribution in [2.24, 2.45) is 5.73 Å². The fraction of sp³-hybridized carbons (Fsp3) is 0.455. The second-order valence-corrected chi connectivity index (χ2v) is 3.11. The summed E-state index contributed by atoms with van der Waals surface area (Å²) in [6.45, 7) is 0. The summed E-state index contributed by atoms with van der Waals surface area (Å²) in [5, 5.41) is 0. The van der Waals surface area contributed by atoms with Crippen LogP contribution in [-0.2, 0) is 4.74 Å². The number of ether oxygens (including phenoxy) is 4. The first-order chi connectivity index (χ1) is 7.67. The second kappa shape index (κ2) is 5.58. The molecule has 1 aromatic carbocycles. The highest BCUT2D eigenvalue weighted by atomic mass is 16.5. The lowest BCUT2D eigenvalue weighted by molar-refractivity contribution is 0.106. The Kier molecular flexibility index (Phi) is 4.39. The van der Waals surface area contributed by atoms with E-state index < -0.39 is 6.23 Å². The van der Waals surface area contributed by atoms with Gasteiger partial charge in [0.25, 0.3) is 0 Å². The zero-order valence-corrected chi connectivity index (χ0v) is 9.94. The van der Waals surface area contributed by atoms with Crippen LogP contribution in [0.3, 0.4) is 0 Å². The van der Waals surface area contributed by atoms with Crippen molar-refractivity contribution in [3.8, 4) is 17.2 Å². The maximum absolute atomic E-state index is 5.79. The van der Waals surface area contributed by atoms with Crippen molar-refractivity contribution in [2.75, 3.05) is 28.4 Å². The van der Waals surface area contributed by atoms with Gasteiger partial charge < -0.3 is 24.7 Å². The highest BCUT2D eigenvalue weighted by molar-refractivity contribution is 5.51. The van der Waals surface area contributed by atoms with Gasteiger partial charge in [-0.2, -0.15) is 0 Å². The molecule has 0 aliphatic heterocycles. The molecule has 0 saturated heterocycles. The Balaban J connectivity index is 3.25. The van der Waals surface area contributed by atoms with Gasteiger partial charge in [-0.05, 0) is 6.07 Å². The highest BCUT2D eigenvalue weighted by Crippen LogP contribution is 2.36. The van der Waals surface area contributed by atoms with Gasteiger partial charge in [-0.1, -0.05) is 0 Å². The molecule has 0 spiro atoms. The number of benzene rings is 1. The molecule has 1 rings (SSSR count). The molecule has 0 aliphatic carbocycles. The van der Waals surface area contributed by atoms with E-state index in [4.69, 9.17) is 24.7 Å². The van der Waals surface area contributed by atoms with Gasteiger partial charge >= 0.3 is 0 Å². The molecule has 1 atom stereocenters.